The lowest BCUT2D eigenvalue weighted by atomic mass is 9.98. The molecule has 18 heavy (non-hydrogen) atoms. The molecule has 0 aliphatic carbocycles. The Kier molecular flexibility index (Phi) is 4.10. The highest BCUT2D eigenvalue weighted by molar-refractivity contribution is 7.10. The monoisotopic (exact) mass is 279 g/mol. The van der Waals surface area contributed by atoms with E-state index >= 15 is 0 Å². The number of halogens is 1. The van der Waals surface area contributed by atoms with Gasteiger partial charge in [-0.1, -0.05) is 35.4 Å². The first-order valence-corrected chi connectivity index (χ1v) is 7.30. The molecule has 1 aromatic carbocycles. The summed E-state index contributed by atoms with van der Waals surface area (Å²) in [7, 11) is 0. The maximum Gasteiger partial charge on any atom is 0.0590 e. The second-order valence-corrected chi connectivity index (χ2v) is 6.13. The highest BCUT2D eigenvalue weighted by atomic mass is 35.5. The van der Waals surface area contributed by atoms with Crippen LogP contribution in [0, 0.1) is 20.8 Å². The number of rotatable bonds is 3. The molecule has 1 nitrogen and oxygen atoms in total. The van der Waals surface area contributed by atoms with E-state index in [1.54, 1.807) is 11.3 Å². The standard InChI is InChI=1S/C15H18ClNS/c1-9-4-5-10(2)12(6-9)7-13(17)15-14(16)11(3)8-18-15/h4-6,8,13H,7,17H2,1-3H3. The van der Waals surface area contributed by atoms with Crippen LogP contribution in [0.1, 0.15) is 33.2 Å². The first-order valence-electron chi connectivity index (χ1n) is 6.04. The van der Waals surface area contributed by atoms with Gasteiger partial charge >= 0.3 is 0 Å². The molecule has 1 heterocycles. The van der Waals surface area contributed by atoms with Crippen molar-refractivity contribution < 1.29 is 0 Å². The fraction of sp³-hybridized carbons (Fsp3) is 0.333. The molecule has 1 unspecified atom stereocenters. The molecule has 0 fully saturated rings. The van der Waals surface area contributed by atoms with Crippen LogP contribution in [0.5, 0.6) is 0 Å². The third-order valence-electron chi connectivity index (χ3n) is 3.21. The molecule has 2 N–H and O–H groups in total. The molecule has 0 saturated carbocycles. The quantitative estimate of drug-likeness (QED) is 0.875. The second-order valence-electron chi connectivity index (χ2n) is 4.84. The molecule has 1 aromatic heterocycles. The lowest BCUT2D eigenvalue weighted by Crippen LogP contribution is -2.13. The second kappa shape index (κ2) is 5.43. The predicted octanol–water partition coefficient (Wildman–Crippen LogP) is 4.57. The highest BCUT2D eigenvalue weighted by Crippen LogP contribution is 2.33. The minimum absolute atomic E-state index is 0.0169. The zero-order valence-electron chi connectivity index (χ0n) is 11.0. The van der Waals surface area contributed by atoms with Crippen molar-refractivity contribution in [2.45, 2.75) is 33.2 Å². The van der Waals surface area contributed by atoms with E-state index in [-0.39, 0.29) is 6.04 Å². The van der Waals surface area contributed by atoms with Crippen molar-refractivity contribution in [3.05, 3.63) is 55.7 Å². The van der Waals surface area contributed by atoms with Gasteiger partial charge in [0, 0.05) is 10.9 Å². The van der Waals surface area contributed by atoms with Gasteiger partial charge in [0.1, 0.15) is 0 Å². The molecule has 3 heteroatoms. The first kappa shape index (κ1) is 13.6. The minimum Gasteiger partial charge on any atom is -0.323 e. The van der Waals surface area contributed by atoms with Crippen molar-refractivity contribution >= 4 is 22.9 Å². The molecule has 0 spiro atoms. The van der Waals surface area contributed by atoms with Gasteiger partial charge in [-0.25, -0.2) is 0 Å². The minimum atomic E-state index is -0.0169. The molecule has 96 valence electrons. The topological polar surface area (TPSA) is 26.0 Å². The third kappa shape index (κ3) is 2.77. The predicted molar refractivity (Wildman–Crippen MR) is 80.6 cm³/mol. The Morgan fingerprint density at radius 1 is 1.22 bits per heavy atom. The summed E-state index contributed by atoms with van der Waals surface area (Å²) >= 11 is 7.93. The molecule has 0 saturated heterocycles. The van der Waals surface area contributed by atoms with Crippen LogP contribution in [0.25, 0.3) is 0 Å². The lowest BCUT2D eigenvalue weighted by Gasteiger charge is -2.13. The van der Waals surface area contributed by atoms with E-state index in [0.717, 1.165) is 21.9 Å². The van der Waals surface area contributed by atoms with Crippen LogP contribution in [0.15, 0.2) is 23.6 Å². The number of nitrogens with two attached hydrogens (primary N) is 1. The number of hydrogen-bond donors (Lipinski definition) is 1. The van der Waals surface area contributed by atoms with E-state index in [9.17, 15) is 0 Å². The molecule has 2 rings (SSSR count). The van der Waals surface area contributed by atoms with Crippen LogP contribution < -0.4 is 5.73 Å². The molecule has 0 bridgehead atoms. The number of benzene rings is 1. The average molecular weight is 280 g/mol. The zero-order valence-corrected chi connectivity index (χ0v) is 12.5. The van der Waals surface area contributed by atoms with Gasteiger partial charge in [0.15, 0.2) is 0 Å². The summed E-state index contributed by atoms with van der Waals surface area (Å²) < 4.78 is 0. The Bertz CT molecular complexity index is 560. The summed E-state index contributed by atoms with van der Waals surface area (Å²) in [6, 6.07) is 6.48. The van der Waals surface area contributed by atoms with E-state index in [2.05, 4.69) is 37.4 Å². The van der Waals surface area contributed by atoms with E-state index in [0.29, 0.717) is 0 Å². The Morgan fingerprint density at radius 2 is 1.94 bits per heavy atom. The molecule has 2 aromatic rings. The van der Waals surface area contributed by atoms with Crippen LogP contribution in [-0.4, -0.2) is 0 Å². The van der Waals surface area contributed by atoms with Crippen molar-refractivity contribution in [3.8, 4) is 0 Å². The fourth-order valence-corrected chi connectivity index (χ4v) is 3.39. The molecule has 1 atom stereocenters. The van der Waals surface area contributed by atoms with Gasteiger partial charge in [-0.2, -0.15) is 0 Å². The SMILES string of the molecule is Cc1ccc(C)c(CC(N)c2scc(C)c2Cl)c1. The van der Waals surface area contributed by atoms with Gasteiger partial charge in [-0.15, -0.1) is 11.3 Å². The van der Waals surface area contributed by atoms with E-state index in [1.165, 1.54) is 16.7 Å². The normalized spacial score (nSPS) is 12.7. The van der Waals surface area contributed by atoms with Gasteiger partial charge in [-0.3, -0.25) is 0 Å². The van der Waals surface area contributed by atoms with E-state index < -0.39 is 0 Å². The van der Waals surface area contributed by atoms with Crippen LogP contribution in [0.3, 0.4) is 0 Å². The Labute approximate surface area is 118 Å². The fourth-order valence-electron chi connectivity index (χ4n) is 2.05. The van der Waals surface area contributed by atoms with E-state index in [4.69, 9.17) is 17.3 Å². The van der Waals surface area contributed by atoms with Gasteiger partial charge in [0.2, 0.25) is 0 Å². The smallest absolute Gasteiger partial charge is 0.0590 e. The third-order valence-corrected chi connectivity index (χ3v) is 5.05. The van der Waals surface area contributed by atoms with Gasteiger partial charge < -0.3 is 5.73 Å². The number of thiophene rings is 1. The summed E-state index contributed by atoms with van der Waals surface area (Å²) in [6.07, 6.45) is 0.840. The molecule has 0 aliphatic rings. The van der Waals surface area contributed by atoms with Gasteiger partial charge in [0.25, 0.3) is 0 Å². The van der Waals surface area contributed by atoms with Crippen LogP contribution in [0.4, 0.5) is 0 Å². The Morgan fingerprint density at radius 3 is 2.56 bits per heavy atom. The largest absolute Gasteiger partial charge is 0.323 e. The number of hydrogen-bond acceptors (Lipinski definition) is 2. The summed E-state index contributed by atoms with van der Waals surface area (Å²) in [5, 5.41) is 2.90. The Hall–Kier alpha value is -0.830. The molecular formula is C15H18ClNS. The summed E-state index contributed by atoms with van der Waals surface area (Å²) in [5.74, 6) is 0. The Balaban J connectivity index is 2.23. The van der Waals surface area contributed by atoms with Crippen LogP contribution in [-0.2, 0) is 6.42 Å². The summed E-state index contributed by atoms with van der Waals surface area (Å²) in [6.45, 7) is 6.26. The van der Waals surface area contributed by atoms with Crippen molar-refractivity contribution in [3.63, 3.8) is 0 Å². The van der Waals surface area contributed by atoms with Gasteiger partial charge in [0.05, 0.1) is 5.02 Å². The van der Waals surface area contributed by atoms with Crippen molar-refractivity contribution in [2.24, 2.45) is 5.73 Å². The van der Waals surface area contributed by atoms with Crippen molar-refractivity contribution in [1.29, 1.82) is 0 Å². The van der Waals surface area contributed by atoms with Crippen LogP contribution in [0.2, 0.25) is 5.02 Å². The molecular weight excluding hydrogens is 262 g/mol. The number of aryl methyl sites for hydroxylation is 3. The van der Waals surface area contributed by atoms with Crippen LogP contribution >= 0.6 is 22.9 Å². The lowest BCUT2D eigenvalue weighted by molar-refractivity contribution is 0.732. The van der Waals surface area contributed by atoms with E-state index in [1.807, 2.05) is 6.92 Å². The maximum atomic E-state index is 6.29. The molecule has 0 radical (unpaired) electrons. The summed E-state index contributed by atoms with van der Waals surface area (Å²) in [5.41, 5.74) is 11.3. The van der Waals surface area contributed by atoms with Crippen molar-refractivity contribution in [2.75, 3.05) is 0 Å². The van der Waals surface area contributed by atoms with Crippen molar-refractivity contribution in [1.82, 2.24) is 0 Å². The average Bonchev–Trinajstić information content (AvgIpc) is 2.65. The highest BCUT2D eigenvalue weighted by Gasteiger charge is 2.15. The molecule has 0 amide bonds. The first-order chi connectivity index (χ1) is 8.49. The van der Waals surface area contributed by atoms with Gasteiger partial charge in [-0.05, 0) is 49.3 Å². The zero-order chi connectivity index (χ0) is 13.3. The molecule has 0 aliphatic heterocycles. The summed E-state index contributed by atoms with van der Waals surface area (Å²) in [4.78, 5) is 1.09. The maximum absolute atomic E-state index is 6.29.